The summed E-state index contributed by atoms with van der Waals surface area (Å²) >= 11 is 0. The number of carbonyl (C=O) groups excluding carboxylic acids is 1. The summed E-state index contributed by atoms with van der Waals surface area (Å²) in [6, 6.07) is 5.60. The molecule has 1 fully saturated rings. The van der Waals surface area contributed by atoms with E-state index in [1.54, 1.807) is 0 Å². The summed E-state index contributed by atoms with van der Waals surface area (Å²) in [5, 5.41) is 0. The van der Waals surface area contributed by atoms with Gasteiger partial charge in [-0.15, -0.1) is 0 Å². The second kappa shape index (κ2) is 6.29. The fourth-order valence-corrected chi connectivity index (χ4v) is 3.11. The number of hydrogen-bond donors (Lipinski definition) is 0. The predicted octanol–water partition coefficient (Wildman–Crippen LogP) is 4.00. The number of hydrogen-bond acceptors (Lipinski definition) is 3. The summed E-state index contributed by atoms with van der Waals surface area (Å²) < 4.78 is 11.2. The van der Waals surface area contributed by atoms with Crippen molar-refractivity contribution in [1.29, 1.82) is 0 Å². The van der Waals surface area contributed by atoms with Gasteiger partial charge in [-0.25, -0.2) is 0 Å². The zero-order valence-corrected chi connectivity index (χ0v) is 11.9. The standard InChI is InChI=1S/C17H22O3/c18-15(11-13-5-2-1-3-6-13)14-7-8-16-17(12-14)20-10-4-9-19-16/h7-8,12-13H,1-6,9-11H2. The lowest BCUT2D eigenvalue weighted by atomic mass is 9.85. The van der Waals surface area contributed by atoms with Gasteiger partial charge in [-0.2, -0.15) is 0 Å². The Morgan fingerprint density at radius 2 is 1.75 bits per heavy atom. The van der Waals surface area contributed by atoms with Gasteiger partial charge >= 0.3 is 0 Å². The molecule has 0 radical (unpaired) electrons. The molecule has 0 atom stereocenters. The second-order valence-corrected chi connectivity index (χ2v) is 5.84. The Kier molecular flexibility index (Phi) is 4.24. The molecular weight excluding hydrogens is 252 g/mol. The number of fused-ring (bicyclic) bond motifs is 1. The lowest BCUT2D eigenvalue weighted by Crippen LogP contribution is -2.12. The van der Waals surface area contributed by atoms with E-state index in [-0.39, 0.29) is 5.78 Å². The fourth-order valence-electron chi connectivity index (χ4n) is 3.11. The molecule has 1 saturated carbocycles. The van der Waals surface area contributed by atoms with Crippen molar-refractivity contribution in [3.63, 3.8) is 0 Å². The number of benzene rings is 1. The molecule has 1 aliphatic heterocycles. The zero-order valence-electron chi connectivity index (χ0n) is 11.9. The molecule has 1 aromatic carbocycles. The summed E-state index contributed by atoms with van der Waals surface area (Å²) in [7, 11) is 0. The molecule has 0 bridgehead atoms. The van der Waals surface area contributed by atoms with Crippen LogP contribution in [-0.4, -0.2) is 19.0 Å². The van der Waals surface area contributed by atoms with Gasteiger partial charge in [-0.3, -0.25) is 4.79 Å². The van der Waals surface area contributed by atoms with E-state index in [0.717, 1.165) is 23.5 Å². The van der Waals surface area contributed by atoms with E-state index in [2.05, 4.69) is 0 Å². The van der Waals surface area contributed by atoms with Crippen molar-refractivity contribution in [3.05, 3.63) is 23.8 Å². The number of Topliss-reactive ketones (excluding diaryl/α,β-unsaturated/α-hetero) is 1. The molecule has 1 heterocycles. The zero-order chi connectivity index (χ0) is 13.8. The maximum atomic E-state index is 12.4. The number of carbonyl (C=O) groups is 1. The fraction of sp³-hybridized carbons (Fsp3) is 0.588. The summed E-state index contributed by atoms with van der Waals surface area (Å²) in [5.41, 5.74) is 0.764. The minimum absolute atomic E-state index is 0.243. The lowest BCUT2D eigenvalue weighted by molar-refractivity contribution is 0.0950. The van der Waals surface area contributed by atoms with Crippen LogP contribution in [0.25, 0.3) is 0 Å². The van der Waals surface area contributed by atoms with Crippen LogP contribution >= 0.6 is 0 Å². The summed E-state index contributed by atoms with van der Waals surface area (Å²) in [5.74, 6) is 2.30. The highest BCUT2D eigenvalue weighted by molar-refractivity contribution is 5.96. The maximum absolute atomic E-state index is 12.4. The van der Waals surface area contributed by atoms with Crippen LogP contribution in [0.15, 0.2) is 18.2 Å². The van der Waals surface area contributed by atoms with Crippen LogP contribution in [0.5, 0.6) is 11.5 Å². The van der Waals surface area contributed by atoms with E-state index in [9.17, 15) is 4.79 Å². The van der Waals surface area contributed by atoms with Gasteiger partial charge in [0, 0.05) is 18.4 Å². The first kappa shape index (κ1) is 13.5. The maximum Gasteiger partial charge on any atom is 0.163 e. The molecule has 0 aromatic heterocycles. The highest BCUT2D eigenvalue weighted by atomic mass is 16.5. The average molecular weight is 274 g/mol. The van der Waals surface area contributed by atoms with Gasteiger partial charge in [-0.05, 0) is 24.1 Å². The Hall–Kier alpha value is -1.51. The second-order valence-electron chi connectivity index (χ2n) is 5.84. The van der Waals surface area contributed by atoms with Crippen LogP contribution in [0.2, 0.25) is 0 Å². The SMILES string of the molecule is O=C(CC1CCCCC1)c1ccc2c(c1)OCCCO2. The third-order valence-corrected chi connectivity index (χ3v) is 4.27. The Labute approximate surface area is 120 Å². The number of ether oxygens (including phenoxy) is 2. The van der Waals surface area contributed by atoms with Crippen LogP contribution in [0.3, 0.4) is 0 Å². The monoisotopic (exact) mass is 274 g/mol. The van der Waals surface area contributed by atoms with E-state index >= 15 is 0 Å². The van der Waals surface area contributed by atoms with Crippen molar-refractivity contribution in [2.75, 3.05) is 13.2 Å². The van der Waals surface area contributed by atoms with Gasteiger partial charge in [0.15, 0.2) is 17.3 Å². The van der Waals surface area contributed by atoms with E-state index in [1.165, 1.54) is 32.1 Å². The first-order valence-electron chi connectivity index (χ1n) is 7.76. The van der Waals surface area contributed by atoms with Crippen molar-refractivity contribution < 1.29 is 14.3 Å². The van der Waals surface area contributed by atoms with Crippen molar-refractivity contribution in [1.82, 2.24) is 0 Å². The molecule has 0 N–H and O–H groups in total. The molecule has 3 rings (SSSR count). The van der Waals surface area contributed by atoms with E-state index in [4.69, 9.17) is 9.47 Å². The Morgan fingerprint density at radius 1 is 1.00 bits per heavy atom. The van der Waals surface area contributed by atoms with E-state index < -0.39 is 0 Å². The summed E-state index contributed by atoms with van der Waals surface area (Å²) in [6.45, 7) is 1.34. The van der Waals surface area contributed by atoms with Gasteiger partial charge in [0.05, 0.1) is 13.2 Å². The van der Waals surface area contributed by atoms with Crippen LogP contribution in [-0.2, 0) is 0 Å². The third kappa shape index (κ3) is 3.14. The van der Waals surface area contributed by atoms with Crippen LogP contribution in [0, 0.1) is 5.92 Å². The van der Waals surface area contributed by atoms with Gasteiger partial charge in [0.25, 0.3) is 0 Å². The Balaban J connectivity index is 1.69. The largest absolute Gasteiger partial charge is 0.490 e. The van der Waals surface area contributed by atoms with Crippen molar-refractivity contribution in [3.8, 4) is 11.5 Å². The first-order valence-corrected chi connectivity index (χ1v) is 7.76. The molecule has 0 amide bonds. The predicted molar refractivity (Wildman–Crippen MR) is 77.6 cm³/mol. The van der Waals surface area contributed by atoms with Gasteiger partial charge in [0.2, 0.25) is 0 Å². The molecule has 1 aliphatic carbocycles. The summed E-state index contributed by atoms with van der Waals surface area (Å²) in [4.78, 5) is 12.4. The van der Waals surface area contributed by atoms with Crippen LogP contribution in [0.1, 0.15) is 55.3 Å². The van der Waals surface area contributed by atoms with Crippen molar-refractivity contribution in [2.24, 2.45) is 5.92 Å². The molecular formula is C17H22O3. The van der Waals surface area contributed by atoms with Gasteiger partial charge in [-0.1, -0.05) is 32.1 Å². The number of rotatable bonds is 3. The minimum Gasteiger partial charge on any atom is -0.490 e. The molecule has 1 aromatic rings. The van der Waals surface area contributed by atoms with Gasteiger partial charge < -0.3 is 9.47 Å². The number of ketones is 1. The average Bonchev–Trinajstić information content (AvgIpc) is 2.72. The highest BCUT2D eigenvalue weighted by Gasteiger charge is 2.19. The van der Waals surface area contributed by atoms with Crippen LogP contribution < -0.4 is 9.47 Å². The smallest absolute Gasteiger partial charge is 0.163 e. The quantitative estimate of drug-likeness (QED) is 0.781. The molecule has 2 aliphatic rings. The van der Waals surface area contributed by atoms with Crippen LogP contribution in [0.4, 0.5) is 0 Å². The molecule has 3 heteroatoms. The molecule has 108 valence electrons. The van der Waals surface area contributed by atoms with Crippen molar-refractivity contribution in [2.45, 2.75) is 44.9 Å². The highest BCUT2D eigenvalue weighted by Crippen LogP contribution is 2.32. The first-order chi connectivity index (χ1) is 9.83. The normalized spacial score (nSPS) is 19.4. The Bertz CT molecular complexity index is 475. The third-order valence-electron chi connectivity index (χ3n) is 4.27. The van der Waals surface area contributed by atoms with E-state index in [0.29, 0.717) is 25.6 Å². The van der Waals surface area contributed by atoms with Gasteiger partial charge in [0.1, 0.15) is 0 Å². The van der Waals surface area contributed by atoms with E-state index in [1.807, 2.05) is 18.2 Å². The molecule has 3 nitrogen and oxygen atoms in total. The molecule has 0 spiro atoms. The topological polar surface area (TPSA) is 35.5 Å². The Morgan fingerprint density at radius 3 is 2.55 bits per heavy atom. The lowest BCUT2D eigenvalue weighted by Gasteiger charge is -2.20. The molecule has 20 heavy (non-hydrogen) atoms. The summed E-state index contributed by atoms with van der Waals surface area (Å²) in [6.07, 6.45) is 7.86. The van der Waals surface area contributed by atoms with Crippen molar-refractivity contribution >= 4 is 5.78 Å². The molecule has 0 unspecified atom stereocenters. The minimum atomic E-state index is 0.243. The molecule has 0 saturated heterocycles.